The van der Waals surface area contributed by atoms with Crippen molar-refractivity contribution in [1.82, 2.24) is 4.90 Å². The number of hydrogen-bond donors (Lipinski definition) is 1. The van der Waals surface area contributed by atoms with Crippen LogP contribution in [0.3, 0.4) is 0 Å². The van der Waals surface area contributed by atoms with Gasteiger partial charge in [-0.3, -0.25) is 4.79 Å². The van der Waals surface area contributed by atoms with Gasteiger partial charge in [-0.2, -0.15) is 0 Å². The average Bonchev–Trinajstić information content (AvgIpc) is 2.35. The molecule has 4 nitrogen and oxygen atoms in total. The topological polar surface area (TPSA) is 55.6 Å². The van der Waals surface area contributed by atoms with E-state index in [1.807, 2.05) is 4.90 Å². The molecule has 2 N–H and O–H groups in total. The zero-order valence-electron chi connectivity index (χ0n) is 11.2. The molecule has 0 aromatic heterocycles. The van der Waals surface area contributed by atoms with Gasteiger partial charge in [0.2, 0.25) is 5.91 Å². The van der Waals surface area contributed by atoms with Crippen LogP contribution in [0.2, 0.25) is 0 Å². The van der Waals surface area contributed by atoms with Gasteiger partial charge in [0.15, 0.2) is 0 Å². The van der Waals surface area contributed by atoms with E-state index in [9.17, 15) is 4.79 Å². The van der Waals surface area contributed by atoms with Crippen LogP contribution in [-0.4, -0.2) is 43.7 Å². The molecule has 100 valence electrons. The van der Waals surface area contributed by atoms with Crippen LogP contribution in [0.1, 0.15) is 33.1 Å². The Labute approximate surface area is 104 Å². The van der Waals surface area contributed by atoms with Crippen LogP contribution in [-0.2, 0) is 9.53 Å². The minimum absolute atomic E-state index is 0.214. The second kappa shape index (κ2) is 7.67. The lowest BCUT2D eigenvalue weighted by atomic mass is 9.87. The molecule has 2 unspecified atom stereocenters. The van der Waals surface area contributed by atoms with E-state index in [1.54, 1.807) is 0 Å². The Kier molecular flexibility index (Phi) is 6.52. The summed E-state index contributed by atoms with van der Waals surface area (Å²) in [6.07, 6.45) is 2.58. The molecule has 1 rings (SSSR count). The Morgan fingerprint density at radius 3 is 2.88 bits per heavy atom. The first-order chi connectivity index (χ1) is 8.19. The number of nitrogens with two attached hydrogens (primary N) is 1. The molecule has 1 fully saturated rings. The number of carbonyl (C=O) groups is 1. The summed E-state index contributed by atoms with van der Waals surface area (Å²) < 4.78 is 5.35. The monoisotopic (exact) mass is 242 g/mol. The zero-order valence-corrected chi connectivity index (χ0v) is 11.2. The number of ether oxygens (including phenoxy) is 1. The van der Waals surface area contributed by atoms with Gasteiger partial charge in [-0.05, 0) is 31.2 Å². The lowest BCUT2D eigenvalue weighted by molar-refractivity contribution is -0.134. The predicted molar refractivity (Wildman–Crippen MR) is 68.6 cm³/mol. The van der Waals surface area contributed by atoms with Gasteiger partial charge in [0, 0.05) is 19.7 Å². The van der Waals surface area contributed by atoms with Crippen molar-refractivity contribution in [2.45, 2.75) is 33.1 Å². The fraction of sp³-hybridized carbons (Fsp3) is 0.923. The van der Waals surface area contributed by atoms with E-state index >= 15 is 0 Å². The van der Waals surface area contributed by atoms with Gasteiger partial charge in [0.05, 0.1) is 13.0 Å². The number of carbonyl (C=O) groups excluding carboxylic acids is 1. The Morgan fingerprint density at radius 2 is 2.24 bits per heavy atom. The summed E-state index contributed by atoms with van der Waals surface area (Å²) in [6, 6.07) is 0. The standard InChI is InChI=1S/C13H26N2O2/c1-3-7-17-8-5-13(16)15-6-4-11(2)12(9-14)10-15/h11-12H,3-10,14H2,1-2H3. The lowest BCUT2D eigenvalue weighted by Gasteiger charge is -2.36. The van der Waals surface area contributed by atoms with Crippen molar-refractivity contribution in [2.24, 2.45) is 17.6 Å². The Morgan fingerprint density at radius 1 is 1.47 bits per heavy atom. The molecule has 0 aliphatic carbocycles. The van der Waals surface area contributed by atoms with E-state index in [0.29, 0.717) is 31.4 Å². The highest BCUT2D eigenvalue weighted by Crippen LogP contribution is 2.22. The van der Waals surface area contributed by atoms with E-state index in [2.05, 4.69) is 13.8 Å². The van der Waals surface area contributed by atoms with Crippen LogP contribution in [0.15, 0.2) is 0 Å². The maximum Gasteiger partial charge on any atom is 0.224 e. The third-order valence-corrected chi connectivity index (χ3v) is 3.58. The van der Waals surface area contributed by atoms with Crippen molar-refractivity contribution in [3.05, 3.63) is 0 Å². The molecule has 2 atom stereocenters. The fourth-order valence-electron chi connectivity index (χ4n) is 2.25. The summed E-state index contributed by atoms with van der Waals surface area (Å²) in [5.41, 5.74) is 5.73. The SMILES string of the molecule is CCCOCCC(=O)N1CCC(C)C(CN)C1. The molecule has 0 radical (unpaired) electrons. The number of amides is 1. The Balaban J connectivity index is 2.27. The maximum atomic E-state index is 11.9. The van der Waals surface area contributed by atoms with Gasteiger partial charge < -0.3 is 15.4 Å². The largest absolute Gasteiger partial charge is 0.381 e. The third-order valence-electron chi connectivity index (χ3n) is 3.58. The van der Waals surface area contributed by atoms with Gasteiger partial charge in [0.1, 0.15) is 0 Å². The molecular weight excluding hydrogens is 216 g/mol. The minimum atomic E-state index is 0.214. The number of piperidine rings is 1. The van der Waals surface area contributed by atoms with Crippen LogP contribution in [0, 0.1) is 11.8 Å². The number of nitrogens with zero attached hydrogens (tertiary/aromatic N) is 1. The molecule has 0 aromatic carbocycles. The van der Waals surface area contributed by atoms with Gasteiger partial charge in [-0.15, -0.1) is 0 Å². The molecule has 0 bridgehead atoms. The summed E-state index contributed by atoms with van der Waals surface area (Å²) in [7, 11) is 0. The van der Waals surface area contributed by atoms with Crippen LogP contribution >= 0.6 is 0 Å². The number of likely N-dealkylation sites (tertiary alicyclic amines) is 1. The Bertz CT molecular complexity index is 233. The molecule has 1 heterocycles. The van der Waals surface area contributed by atoms with Gasteiger partial charge in [-0.25, -0.2) is 0 Å². The van der Waals surface area contributed by atoms with E-state index in [-0.39, 0.29) is 5.91 Å². The molecule has 1 aliphatic heterocycles. The molecule has 0 spiro atoms. The van der Waals surface area contributed by atoms with Crippen LogP contribution in [0.4, 0.5) is 0 Å². The summed E-state index contributed by atoms with van der Waals surface area (Å²) in [5, 5.41) is 0. The van der Waals surface area contributed by atoms with Crippen molar-refractivity contribution in [1.29, 1.82) is 0 Å². The predicted octanol–water partition coefficient (Wildman–Crippen LogP) is 1.25. The first-order valence-corrected chi connectivity index (χ1v) is 6.74. The van der Waals surface area contributed by atoms with E-state index in [0.717, 1.165) is 32.5 Å². The van der Waals surface area contributed by atoms with Crippen molar-refractivity contribution in [2.75, 3.05) is 32.8 Å². The van der Waals surface area contributed by atoms with E-state index < -0.39 is 0 Å². The quantitative estimate of drug-likeness (QED) is 0.713. The normalized spacial score (nSPS) is 25.0. The van der Waals surface area contributed by atoms with Crippen LogP contribution in [0.5, 0.6) is 0 Å². The second-order valence-corrected chi connectivity index (χ2v) is 4.96. The summed E-state index contributed by atoms with van der Waals surface area (Å²) in [5.74, 6) is 1.32. The molecule has 0 saturated carbocycles. The van der Waals surface area contributed by atoms with Gasteiger partial charge in [0.25, 0.3) is 0 Å². The van der Waals surface area contributed by atoms with Gasteiger partial charge >= 0.3 is 0 Å². The molecule has 1 amide bonds. The third kappa shape index (κ3) is 4.64. The highest BCUT2D eigenvalue weighted by Gasteiger charge is 2.27. The lowest BCUT2D eigenvalue weighted by Crippen LogP contribution is -2.45. The van der Waals surface area contributed by atoms with E-state index in [1.165, 1.54) is 0 Å². The maximum absolute atomic E-state index is 11.9. The van der Waals surface area contributed by atoms with Crippen molar-refractivity contribution >= 4 is 5.91 Å². The molecule has 1 saturated heterocycles. The molecule has 0 aromatic rings. The smallest absolute Gasteiger partial charge is 0.224 e. The first kappa shape index (κ1) is 14.5. The number of hydrogen-bond acceptors (Lipinski definition) is 3. The Hall–Kier alpha value is -0.610. The molecular formula is C13H26N2O2. The first-order valence-electron chi connectivity index (χ1n) is 6.74. The number of rotatable bonds is 6. The van der Waals surface area contributed by atoms with Gasteiger partial charge in [-0.1, -0.05) is 13.8 Å². The van der Waals surface area contributed by atoms with Crippen LogP contribution in [0.25, 0.3) is 0 Å². The average molecular weight is 242 g/mol. The minimum Gasteiger partial charge on any atom is -0.381 e. The molecule has 1 aliphatic rings. The van der Waals surface area contributed by atoms with E-state index in [4.69, 9.17) is 10.5 Å². The van der Waals surface area contributed by atoms with Crippen molar-refractivity contribution in [3.63, 3.8) is 0 Å². The van der Waals surface area contributed by atoms with Crippen molar-refractivity contribution in [3.8, 4) is 0 Å². The molecule has 4 heteroatoms. The highest BCUT2D eigenvalue weighted by atomic mass is 16.5. The summed E-state index contributed by atoms with van der Waals surface area (Å²) in [4.78, 5) is 13.9. The summed E-state index contributed by atoms with van der Waals surface area (Å²) >= 11 is 0. The molecule has 17 heavy (non-hydrogen) atoms. The highest BCUT2D eigenvalue weighted by molar-refractivity contribution is 5.76. The second-order valence-electron chi connectivity index (χ2n) is 4.96. The summed E-state index contributed by atoms with van der Waals surface area (Å²) in [6.45, 7) is 7.97. The van der Waals surface area contributed by atoms with Crippen LogP contribution < -0.4 is 5.73 Å². The van der Waals surface area contributed by atoms with Crippen molar-refractivity contribution < 1.29 is 9.53 Å². The fourth-order valence-corrected chi connectivity index (χ4v) is 2.25. The zero-order chi connectivity index (χ0) is 12.7.